The van der Waals surface area contributed by atoms with Crippen LogP contribution in [0.4, 0.5) is 5.69 Å². The van der Waals surface area contributed by atoms with Gasteiger partial charge in [0.05, 0.1) is 12.0 Å². The number of benzene rings is 2. The van der Waals surface area contributed by atoms with Crippen molar-refractivity contribution in [1.29, 1.82) is 0 Å². The first-order valence-electron chi connectivity index (χ1n) is 9.57. The minimum atomic E-state index is -1.00. The summed E-state index contributed by atoms with van der Waals surface area (Å²) in [6.45, 7) is 2.13. The van der Waals surface area contributed by atoms with Crippen molar-refractivity contribution in [2.75, 3.05) is 11.9 Å². The van der Waals surface area contributed by atoms with Crippen LogP contribution in [0.15, 0.2) is 54.6 Å². The van der Waals surface area contributed by atoms with Gasteiger partial charge in [-0.3, -0.25) is 14.4 Å². The van der Waals surface area contributed by atoms with Gasteiger partial charge >= 0.3 is 5.97 Å². The first-order chi connectivity index (χ1) is 14.0. The highest BCUT2D eigenvalue weighted by molar-refractivity contribution is 5.98. The van der Waals surface area contributed by atoms with E-state index in [2.05, 4.69) is 10.6 Å². The van der Waals surface area contributed by atoms with E-state index in [1.165, 1.54) is 0 Å². The highest BCUT2D eigenvalue weighted by Gasteiger charge is 2.27. The molecule has 1 saturated heterocycles. The van der Waals surface area contributed by atoms with Gasteiger partial charge in [-0.2, -0.15) is 0 Å². The van der Waals surface area contributed by atoms with E-state index in [0.29, 0.717) is 29.8 Å². The van der Waals surface area contributed by atoms with Crippen molar-refractivity contribution in [2.45, 2.75) is 31.9 Å². The van der Waals surface area contributed by atoms with Crippen molar-refractivity contribution in [1.82, 2.24) is 5.32 Å². The molecule has 2 aromatic carbocycles. The molecule has 3 atom stereocenters. The van der Waals surface area contributed by atoms with E-state index in [-0.39, 0.29) is 5.91 Å². The molecule has 0 spiro atoms. The van der Waals surface area contributed by atoms with Gasteiger partial charge in [-0.05, 0) is 43.5 Å². The van der Waals surface area contributed by atoms with Crippen LogP contribution in [0, 0.1) is 5.92 Å². The number of carboxylic acids is 1. The standard InChI is InChI=1S/C22H24N2O5/c1-14(22(27)28)19(15-7-3-2-4-8-15)24-20(25)16-9-5-10-17(13-16)23-21(26)18-11-6-12-29-18/h2-5,7-10,13-14,18-19H,6,11-12H2,1H3,(H,23,26)(H,24,25)(H,27,28). The Labute approximate surface area is 169 Å². The van der Waals surface area contributed by atoms with Gasteiger partial charge in [0.1, 0.15) is 6.10 Å². The predicted molar refractivity (Wildman–Crippen MR) is 107 cm³/mol. The molecule has 1 fully saturated rings. The first-order valence-corrected chi connectivity index (χ1v) is 9.57. The Morgan fingerprint density at radius 3 is 2.52 bits per heavy atom. The second kappa shape index (κ2) is 9.34. The van der Waals surface area contributed by atoms with E-state index < -0.39 is 29.9 Å². The zero-order valence-electron chi connectivity index (χ0n) is 16.1. The number of carboxylic acid groups (broad SMARTS) is 1. The van der Waals surface area contributed by atoms with Crippen molar-refractivity contribution in [3.8, 4) is 0 Å². The maximum atomic E-state index is 12.8. The lowest BCUT2D eigenvalue weighted by Crippen LogP contribution is -2.35. The second-order valence-corrected chi connectivity index (χ2v) is 7.06. The third-order valence-corrected chi connectivity index (χ3v) is 4.95. The molecule has 7 nitrogen and oxygen atoms in total. The van der Waals surface area contributed by atoms with Crippen LogP contribution in [0.25, 0.3) is 0 Å². The maximum Gasteiger partial charge on any atom is 0.308 e. The van der Waals surface area contributed by atoms with Gasteiger partial charge in [0.15, 0.2) is 0 Å². The van der Waals surface area contributed by atoms with Crippen LogP contribution in [0.5, 0.6) is 0 Å². The average molecular weight is 396 g/mol. The molecule has 1 aliphatic heterocycles. The van der Waals surface area contributed by atoms with Crippen LogP contribution in [-0.4, -0.2) is 35.6 Å². The van der Waals surface area contributed by atoms with Crippen LogP contribution < -0.4 is 10.6 Å². The number of hydrogen-bond acceptors (Lipinski definition) is 4. The van der Waals surface area contributed by atoms with Crippen molar-refractivity contribution in [3.63, 3.8) is 0 Å². The summed E-state index contributed by atoms with van der Waals surface area (Å²) in [5.74, 6) is -2.47. The molecule has 0 radical (unpaired) electrons. The van der Waals surface area contributed by atoms with Crippen molar-refractivity contribution in [2.24, 2.45) is 5.92 Å². The summed E-state index contributed by atoms with van der Waals surface area (Å²) in [7, 11) is 0. The van der Waals surface area contributed by atoms with E-state index in [1.54, 1.807) is 55.5 Å². The summed E-state index contributed by atoms with van der Waals surface area (Å²) in [6, 6.07) is 14.8. The number of nitrogens with one attached hydrogen (secondary N) is 2. The van der Waals surface area contributed by atoms with Gasteiger partial charge in [0, 0.05) is 17.9 Å². The lowest BCUT2D eigenvalue weighted by molar-refractivity contribution is -0.142. The number of rotatable bonds is 7. The van der Waals surface area contributed by atoms with E-state index >= 15 is 0 Å². The number of carbonyl (C=O) groups is 3. The molecule has 0 bridgehead atoms. The summed E-state index contributed by atoms with van der Waals surface area (Å²) in [6.07, 6.45) is 1.06. The van der Waals surface area contributed by atoms with E-state index in [1.807, 2.05) is 6.07 Å². The molecule has 3 unspecified atom stereocenters. The molecule has 0 saturated carbocycles. The number of hydrogen-bond donors (Lipinski definition) is 3. The molecule has 1 heterocycles. The summed E-state index contributed by atoms with van der Waals surface area (Å²) >= 11 is 0. The molecular formula is C22H24N2O5. The van der Waals surface area contributed by atoms with Gasteiger partial charge in [0.2, 0.25) is 0 Å². The van der Waals surface area contributed by atoms with Crippen molar-refractivity contribution in [3.05, 3.63) is 65.7 Å². The fourth-order valence-corrected chi connectivity index (χ4v) is 3.27. The van der Waals surface area contributed by atoms with Crippen LogP contribution >= 0.6 is 0 Å². The highest BCUT2D eigenvalue weighted by atomic mass is 16.5. The lowest BCUT2D eigenvalue weighted by Gasteiger charge is -2.23. The van der Waals surface area contributed by atoms with Gasteiger partial charge in [-0.25, -0.2) is 0 Å². The average Bonchev–Trinajstić information content (AvgIpc) is 3.27. The zero-order valence-corrected chi connectivity index (χ0v) is 16.1. The predicted octanol–water partition coefficient (Wildman–Crippen LogP) is 3.00. The summed E-state index contributed by atoms with van der Waals surface area (Å²) in [5, 5.41) is 15.0. The minimum absolute atomic E-state index is 0.235. The molecular weight excluding hydrogens is 372 g/mol. The Morgan fingerprint density at radius 2 is 1.86 bits per heavy atom. The summed E-state index contributed by atoms with van der Waals surface area (Å²) in [4.78, 5) is 36.6. The summed E-state index contributed by atoms with van der Waals surface area (Å²) in [5.41, 5.74) is 1.52. The number of aliphatic carboxylic acids is 1. The normalized spacial score (nSPS) is 17.9. The Hall–Kier alpha value is -3.19. The van der Waals surface area contributed by atoms with E-state index in [9.17, 15) is 19.5 Å². The molecule has 2 amide bonds. The Balaban J connectivity index is 1.74. The monoisotopic (exact) mass is 396 g/mol. The van der Waals surface area contributed by atoms with Crippen molar-refractivity contribution >= 4 is 23.5 Å². The minimum Gasteiger partial charge on any atom is -0.481 e. The Morgan fingerprint density at radius 1 is 1.10 bits per heavy atom. The number of ether oxygens (including phenoxy) is 1. The van der Waals surface area contributed by atoms with Gasteiger partial charge in [-0.1, -0.05) is 36.4 Å². The fraction of sp³-hybridized carbons (Fsp3) is 0.318. The zero-order chi connectivity index (χ0) is 20.8. The molecule has 3 rings (SSSR count). The largest absolute Gasteiger partial charge is 0.481 e. The third-order valence-electron chi connectivity index (χ3n) is 4.95. The molecule has 2 aromatic rings. The van der Waals surface area contributed by atoms with Gasteiger partial charge < -0.3 is 20.5 Å². The molecule has 152 valence electrons. The molecule has 1 aliphatic rings. The molecule has 3 N–H and O–H groups in total. The van der Waals surface area contributed by atoms with E-state index in [0.717, 1.165) is 6.42 Å². The SMILES string of the molecule is CC(C(=O)O)C(NC(=O)c1cccc(NC(=O)C2CCCO2)c1)c1ccccc1. The highest BCUT2D eigenvalue weighted by Crippen LogP contribution is 2.23. The van der Waals surface area contributed by atoms with Crippen molar-refractivity contribution < 1.29 is 24.2 Å². The fourth-order valence-electron chi connectivity index (χ4n) is 3.27. The first kappa shape index (κ1) is 20.5. The molecule has 29 heavy (non-hydrogen) atoms. The van der Waals surface area contributed by atoms with E-state index in [4.69, 9.17) is 4.74 Å². The molecule has 0 aromatic heterocycles. The van der Waals surface area contributed by atoms with Crippen LogP contribution in [0.3, 0.4) is 0 Å². The molecule has 7 heteroatoms. The Bertz CT molecular complexity index is 878. The number of amides is 2. The maximum absolute atomic E-state index is 12.8. The number of anilines is 1. The summed E-state index contributed by atoms with van der Waals surface area (Å²) < 4.78 is 5.37. The molecule has 0 aliphatic carbocycles. The Kier molecular flexibility index (Phi) is 6.61. The topological polar surface area (TPSA) is 105 Å². The lowest BCUT2D eigenvalue weighted by atomic mass is 9.94. The smallest absolute Gasteiger partial charge is 0.308 e. The number of carbonyl (C=O) groups excluding carboxylic acids is 2. The van der Waals surface area contributed by atoms with Crippen LogP contribution in [0.2, 0.25) is 0 Å². The van der Waals surface area contributed by atoms with Gasteiger partial charge in [-0.15, -0.1) is 0 Å². The third kappa shape index (κ3) is 5.20. The van der Waals surface area contributed by atoms with Gasteiger partial charge in [0.25, 0.3) is 11.8 Å². The van der Waals surface area contributed by atoms with Crippen LogP contribution in [0.1, 0.15) is 41.7 Å². The second-order valence-electron chi connectivity index (χ2n) is 7.06. The quantitative estimate of drug-likeness (QED) is 0.667. The van der Waals surface area contributed by atoms with Crippen LogP contribution in [-0.2, 0) is 14.3 Å².